The van der Waals surface area contributed by atoms with Crippen molar-refractivity contribution in [1.29, 1.82) is 0 Å². The number of piperidine rings is 1. The van der Waals surface area contributed by atoms with Gasteiger partial charge in [0.05, 0.1) is 6.33 Å². The number of rotatable bonds is 6. The highest BCUT2D eigenvalue weighted by Gasteiger charge is 2.27. The molecule has 1 amide bonds. The second-order valence-corrected chi connectivity index (χ2v) is 12.0. The Labute approximate surface area is 243 Å². The molecular weight excluding hydrogens is 541 g/mol. The Balaban J connectivity index is 0.00000210. The van der Waals surface area contributed by atoms with Crippen molar-refractivity contribution in [2.45, 2.75) is 115 Å². The molecule has 3 fully saturated rings. The van der Waals surface area contributed by atoms with Crippen molar-refractivity contribution in [1.82, 2.24) is 29.9 Å². The lowest BCUT2D eigenvalue weighted by Crippen LogP contribution is -2.46. The Hall–Kier alpha value is -2.08. The Morgan fingerprint density at radius 2 is 1.59 bits per heavy atom. The third-order valence-corrected chi connectivity index (χ3v) is 7.73. The number of nitrogens with zero attached hydrogens (tertiary/aromatic N) is 5. The summed E-state index contributed by atoms with van der Waals surface area (Å²) in [6.45, 7) is 7.13. The second kappa shape index (κ2) is 13.5. The zero-order chi connectivity index (χ0) is 26.0. The first kappa shape index (κ1) is 31.4. The number of amides is 1. The van der Waals surface area contributed by atoms with Crippen molar-refractivity contribution in [2.24, 2.45) is 5.73 Å². The maximum Gasteiger partial charge on any atom is 0.426 e. The number of carbonyl (C=O) groups is 1. The van der Waals surface area contributed by atoms with Crippen LogP contribution in [0.1, 0.15) is 91.0 Å². The van der Waals surface area contributed by atoms with Crippen LogP contribution in [0.4, 0.5) is 16.6 Å². The fraction of sp³-hybridized carbons (Fsp3) is 0.769. The molecule has 0 bridgehead atoms. The van der Waals surface area contributed by atoms with Gasteiger partial charge in [0.1, 0.15) is 0 Å². The summed E-state index contributed by atoms with van der Waals surface area (Å²) < 4.78 is 2.25. The van der Waals surface area contributed by atoms with E-state index in [-0.39, 0.29) is 36.4 Å². The number of halogens is 2. The number of hydrogen-bond donors (Lipinski definition) is 4. The molecular formula is C26H45Cl2N9O2. The molecule has 3 aliphatic rings. The normalized spacial score (nSPS) is 23.1. The molecule has 39 heavy (non-hydrogen) atoms. The van der Waals surface area contributed by atoms with Crippen LogP contribution in [0, 0.1) is 0 Å². The monoisotopic (exact) mass is 585 g/mol. The third-order valence-electron chi connectivity index (χ3n) is 7.73. The average molecular weight is 587 g/mol. The highest BCUT2D eigenvalue weighted by Crippen LogP contribution is 2.34. The van der Waals surface area contributed by atoms with Gasteiger partial charge >= 0.3 is 6.09 Å². The minimum Gasteiger partial charge on any atom is -0.365 e. The van der Waals surface area contributed by atoms with Crippen LogP contribution in [-0.2, 0) is 4.84 Å². The highest BCUT2D eigenvalue weighted by atomic mass is 35.5. The van der Waals surface area contributed by atoms with Crippen LogP contribution >= 0.6 is 24.8 Å². The summed E-state index contributed by atoms with van der Waals surface area (Å²) in [5.41, 5.74) is 7.52. The SMILES string of the molecule is CC(C)(C)NC(=O)ON1CCC(Nc2nc(NC3CCC(N)CC3)nc3c2ncn3C2CCCC2)CC1.Cl.Cl. The summed E-state index contributed by atoms with van der Waals surface area (Å²) >= 11 is 0. The summed E-state index contributed by atoms with van der Waals surface area (Å²) in [4.78, 5) is 32.3. The van der Waals surface area contributed by atoms with E-state index in [1.807, 2.05) is 27.1 Å². The zero-order valence-corrected chi connectivity index (χ0v) is 25.0. The van der Waals surface area contributed by atoms with Gasteiger partial charge in [0, 0.05) is 42.8 Å². The molecule has 1 aliphatic heterocycles. The van der Waals surface area contributed by atoms with Crippen molar-refractivity contribution in [3.8, 4) is 0 Å². The second-order valence-electron chi connectivity index (χ2n) is 12.0. The number of imidazole rings is 1. The molecule has 2 saturated carbocycles. The van der Waals surface area contributed by atoms with Gasteiger partial charge in [-0.1, -0.05) is 12.8 Å². The predicted octanol–water partition coefficient (Wildman–Crippen LogP) is 4.78. The van der Waals surface area contributed by atoms with Crippen LogP contribution in [0.15, 0.2) is 6.33 Å². The number of carbonyl (C=O) groups excluding carboxylic acids is 1. The van der Waals surface area contributed by atoms with Gasteiger partial charge in [0.2, 0.25) is 5.95 Å². The minimum atomic E-state index is -0.409. The molecule has 220 valence electrons. The van der Waals surface area contributed by atoms with Crippen molar-refractivity contribution < 1.29 is 9.63 Å². The molecule has 13 heteroatoms. The first-order chi connectivity index (χ1) is 17.7. The maximum atomic E-state index is 12.1. The molecule has 2 aromatic heterocycles. The molecule has 2 aliphatic carbocycles. The molecule has 5 rings (SSSR count). The lowest BCUT2D eigenvalue weighted by atomic mass is 9.92. The number of anilines is 2. The molecule has 0 spiro atoms. The van der Waals surface area contributed by atoms with Crippen LogP contribution in [0.5, 0.6) is 0 Å². The van der Waals surface area contributed by atoms with Crippen LogP contribution in [0.3, 0.4) is 0 Å². The molecule has 11 nitrogen and oxygen atoms in total. The van der Waals surface area contributed by atoms with Crippen LogP contribution in [0.25, 0.3) is 11.2 Å². The van der Waals surface area contributed by atoms with Crippen LogP contribution in [-0.4, -0.2) is 67.4 Å². The van der Waals surface area contributed by atoms with Crippen molar-refractivity contribution in [3.05, 3.63) is 6.33 Å². The first-order valence-corrected chi connectivity index (χ1v) is 14.0. The lowest BCUT2D eigenvalue weighted by molar-refractivity contribution is -0.113. The van der Waals surface area contributed by atoms with Gasteiger partial charge in [-0.3, -0.25) is 0 Å². The number of hydrogen-bond acceptors (Lipinski definition) is 9. The summed E-state index contributed by atoms with van der Waals surface area (Å²) in [6, 6.07) is 1.30. The third kappa shape index (κ3) is 8.22. The van der Waals surface area contributed by atoms with Gasteiger partial charge in [0.15, 0.2) is 17.0 Å². The fourth-order valence-electron chi connectivity index (χ4n) is 5.71. The predicted molar refractivity (Wildman–Crippen MR) is 159 cm³/mol. The van der Waals surface area contributed by atoms with E-state index in [1.165, 1.54) is 25.7 Å². The van der Waals surface area contributed by atoms with Crippen LogP contribution in [0.2, 0.25) is 0 Å². The maximum absolute atomic E-state index is 12.1. The van der Waals surface area contributed by atoms with E-state index >= 15 is 0 Å². The van der Waals surface area contributed by atoms with E-state index in [9.17, 15) is 4.79 Å². The van der Waals surface area contributed by atoms with E-state index < -0.39 is 6.09 Å². The number of hydroxylamine groups is 2. The van der Waals surface area contributed by atoms with Gasteiger partial charge in [-0.2, -0.15) is 9.97 Å². The van der Waals surface area contributed by atoms with Crippen molar-refractivity contribution in [2.75, 3.05) is 23.7 Å². The van der Waals surface area contributed by atoms with E-state index in [0.717, 1.165) is 55.5 Å². The molecule has 3 heterocycles. The van der Waals surface area contributed by atoms with E-state index in [2.05, 4.69) is 20.5 Å². The first-order valence-electron chi connectivity index (χ1n) is 14.0. The average Bonchev–Trinajstić information content (AvgIpc) is 3.51. The molecule has 5 N–H and O–H groups in total. The van der Waals surface area contributed by atoms with E-state index in [0.29, 0.717) is 37.2 Å². The Morgan fingerprint density at radius 1 is 0.949 bits per heavy atom. The largest absolute Gasteiger partial charge is 0.426 e. The van der Waals surface area contributed by atoms with Crippen molar-refractivity contribution >= 4 is 53.8 Å². The van der Waals surface area contributed by atoms with Gasteiger partial charge in [-0.25, -0.2) is 9.78 Å². The van der Waals surface area contributed by atoms with Gasteiger partial charge < -0.3 is 31.1 Å². The summed E-state index contributed by atoms with van der Waals surface area (Å²) in [7, 11) is 0. The van der Waals surface area contributed by atoms with Crippen molar-refractivity contribution in [3.63, 3.8) is 0 Å². The smallest absolute Gasteiger partial charge is 0.365 e. The Bertz CT molecular complexity index is 1070. The molecule has 1 saturated heterocycles. The topological polar surface area (TPSA) is 135 Å². The number of nitrogens with one attached hydrogen (secondary N) is 3. The van der Waals surface area contributed by atoms with E-state index in [1.54, 1.807) is 5.06 Å². The summed E-state index contributed by atoms with van der Waals surface area (Å²) in [6.07, 6.45) is 12.2. The number of aromatic nitrogens is 4. The van der Waals surface area contributed by atoms with Gasteiger partial charge in [-0.15, -0.1) is 29.9 Å². The minimum absolute atomic E-state index is 0. The standard InChI is InChI=1S/C26H43N9O2.2ClH/c1-26(2,3)33-25(36)37-34-14-12-19(13-15-34)29-22-21-23(35(16-28-21)20-6-4-5-7-20)32-24(31-22)30-18-10-8-17(27)9-11-18;;/h16-20H,4-15,27H2,1-3H3,(H,33,36)(H2,29,30,31,32);2*1H. The molecule has 2 aromatic rings. The van der Waals surface area contributed by atoms with Gasteiger partial charge in [-0.05, 0) is 72.1 Å². The number of fused-ring (bicyclic) bond motifs is 1. The fourth-order valence-corrected chi connectivity index (χ4v) is 5.71. The van der Waals surface area contributed by atoms with E-state index in [4.69, 9.17) is 25.5 Å². The molecule has 0 unspecified atom stereocenters. The van der Waals surface area contributed by atoms with Gasteiger partial charge in [0.25, 0.3) is 0 Å². The molecule has 0 radical (unpaired) electrons. The molecule has 0 aromatic carbocycles. The van der Waals surface area contributed by atoms with Crippen LogP contribution < -0.4 is 21.7 Å². The zero-order valence-electron chi connectivity index (χ0n) is 23.3. The Kier molecular flexibility index (Phi) is 10.9. The summed E-state index contributed by atoms with van der Waals surface area (Å²) in [5.74, 6) is 1.44. The number of nitrogens with two attached hydrogens (primary N) is 1. The summed E-state index contributed by atoms with van der Waals surface area (Å²) in [5, 5.41) is 11.8. The highest BCUT2D eigenvalue weighted by molar-refractivity contribution is 5.86. The quantitative estimate of drug-likeness (QED) is 0.377. The lowest BCUT2D eigenvalue weighted by Gasteiger charge is -2.32. The molecule has 0 atom stereocenters. The Morgan fingerprint density at radius 3 is 2.23 bits per heavy atom.